The molecule has 0 spiro atoms. The van der Waals surface area contributed by atoms with Gasteiger partial charge in [-0.25, -0.2) is 4.79 Å². The molecule has 24 heavy (non-hydrogen) atoms. The van der Waals surface area contributed by atoms with Gasteiger partial charge in [0.25, 0.3) is 0 Å². The Morgan fingerprint density at radius 1 is 1.25 bits per heavy atom. The van der Waals surface area contributed by atoms with Gasteiger partial charge in [0.15, 0.2) is 0 Å². The molecule has 0 aliphatic heterocycles. The fourth-order valence-corrected chi connectivity index (χ4v) is 2.66. The number of rotatable bonds is 5. The van der Waals surface area contributed by atoms with E-state index in [1.807, 2.05) is 18.2 Å². The lowest BCUT2D eigenvalue weighted by Gasteiger charge is -2.21. The summed E-state index contributed by atoms with van der Waals surface area (Å²) < 4.78 is 8.08. The predicted molar refractivity (Wildman–Crippen MR) is 88.5 cm³/mol. The van der Waals surface area contributed by atoms with Gasteiger partial charge in [-0.05, 0) is 31.2 Å². The van der Waals surface area contributed by atoms with E-state index in [1.165, 1.54) is 15.4 Å². The summed E-state index contributed by atoms with van der Waals surface area (Å²) in [6, 6.07) is 10.6. The van der Waals surface area contributed by atoms with E-state index in [0.717, 1.165) is 5.52 Å². The van der Waals surface area contributed by atoms with Crippen molar-refractivity contribution in [2.45, 2.75) is 19.1 Å². The molecule has 0 saturated carbocycles. The number of fused-ring (bicyclic) bond motifs is 1. The number of nitrogens with zero attached hydrogens (tertiary/aromatic N) is 2. The Kier molecular flexibility index (Phi) is 4.02. The molecule has 2 N–H and O–H groups in total. The normalized spacial score (nSPS) is 13.8. The first-order chi connectivity index (χ1) is 11.4. The topological polar surface area (TPSA) is 89.4 Å². The van der Waals surface area contributed by atoms with Gasteiger partial charge in [0, 0.05) is 7.05 Å². The van der Waals surface area contributed by atoms with E-state index in [9.17, 15) is 14.7 Å². The van der Waals surface area contributed by atoms with Crippen LogP contribution in [-0.4, -0.2) is 26.7 Å². The molecule has 0 aliphatic rings. The molecule has 7 nitrogen and oxygen atoms in total. The minimum Gasteiger partial charge on any atom is -0.466 e. The lowest BCUT2D eigenvalue weighted by atomic mass is 10.0. The number of para-hydroxylation sites is 2. The second-order valence-corrected chi connectivity index (χ2v) is 5.94. The molecule has 1 aromatic carbocycles. The summed E-state index contributed by atoms with van der Waals surface area (Å²) in [4.78, 5) is 24.5. The van der Waals surface area contributed by atoms with Crippen molar-refractivity contribution in [1.82, 2.24) is 14.5 Å². The van der Waals surface area contributed by atoms with Crippen molar-refractivity contribution in [1.29, 1.82) is 0 Å². The number of aryl methyl sites for hydroxylation is 1. The third-order valence-electron chi connectivity index (χ3n) is 4.04. The molecular weight excluding hydrogens is 310 g/mol. The number of amides is 1. The highest BCUT2D eigenvalue weighted by atomic mass is 16.4. The molecule has 0 radical (unpaired) electrons. The van der Waals surface area contributed by atoms with E-state index < -0.39 is 5.60 Å². The number of aromatic nitrogens is 2. The minimum absolute atomic E-state index is 0.0150. The highest BCUT2D eigenvalue weighted by Crippen LogP contribution is 2.19. The Morgan fingerprint density at radius 2 is 1.96 bits per heavy atom. The number of carbonyl (C=O) groups excluding carboxylic acids is 1. The molecule has 3 aromatic rings. The third-order valence-corrected chi connectivity index (χ3v) is 4.04. The van der Waals surface area contributed by atoms with Crippen LogP contribution < -0.4 is 11.0 Å². The first-order valence-corrected chi connectivity index (χ1v) is 7.57. The number of carbonyl (C=O) groups is 1. The van der Waals surface area contributed by atoms with E-state index in [0.29, 0.717) is 11.3 Å². The average molecular weight is 329 g/mol. The van der Waals surface area contributed by atoms with Crippen LogP contribution in [0.5, 0.6) is 0 Å². The quantitative estimate of drug-likeness (QED) is 0.729. The SMILES string of the molecule is Cn1c(=O)n(CC(=O)NCC(C)(O)c2ccco2)c2ccccc21. The maximum Gasteiger partial charge on any atom is 0.329 e. The summed E-state index contributed by atoms with van der Waals surface area (Å²) >= 11 is 0. The number of benzene rings is 1. The van der Waals surface area contributed by atoms with Gasteiger partial charge in [0.2, 0.25) is 5.91 Å². The van der Waals surface area contributed by atoms with Crippen LogP contribution in [0.2, 0.25) is 0 Å². The van der Waals surface area contributed by atoms with Crippen LogP contribution in [0.4, 0.5) is 0 Å². The van der Waals surface area contributed by atoms with Gasteiger partial charge in [0.05, 0.1) is 23.8 Å². The molecule has 1 atom stereocenters. The highest BCUT2D eigenvalue weighted by Gasteiger charge is 2.27. The summed E-state index contributed by atoms with van der Waals surface area (Å²) in [6.07, 6.45) is 1.46. The van der Waals surface area contributed by atoms with Gasteiger partial charge in [-0.1, -0.05) is 12.1 Å². The fraction of sp³-hybridized carbons (Fsp3) is 0.294. The van der Waals surface area contributed by atoms with Crippen LogP contribution in [0.1, 0.15) is 12.7 Å². The Morgan fingerprint density at radius 3 is 2.62 bits per heavy atom. The summed E-state index contributed by atoms with van der Waals surface area (Å²) in [5.41, 5.74) is -0.122. The summed E-state index contributed by atoms with van der Waals surface area (Å²) in [6.45, 7) is 1.42. The molecule has 1 unspecified atom stereocenters. The zero-order chi connectivity index (χ0) is 17.3. The van der Waals surface area contributed by atoms with Crippen LogP contribution >= 0.6 is 0 Å². The largest absolute Gasteiger partial charge is 0.466 e. The summed E-state index contributed by atoms with van der Waals surface area (Å²) in [7, 11) is 1.67. The smallest absolute Gasteiger partial charge is 0.329 e. The van der Waals surface area contributed by atoms with Gasteiger partial charge in [0.1, 0.15) is 17.9 Å². The molecule has 1 amide bonds. The molecule has 0 bridgehead atoms. The fourth-order valence-electron chi connectivity index (χ4n) is 2.66. The predicted octanol–water partition coefficient (Wildman–Crippen LogP) is 0.957. The van der Waals surface area contributed by atoms with Gasteiger partial charge in [-0.15, -0.1) is 0 Å². The van der Waals surface area contributed by atoms with Gasteiger partial charge < -0.3 is 14.8 Å². The van der Waals surface area contributed by atoms with E-state index in [-0.39, 0.29) is 24.7 Å². The highest BCUT2D eigenvalue weighted by molar-refractivity contribution is 5.80. The standard InChI is InChI=1S/C17H19N3O4/c1-17(23,14-8-5-9-24-14)11-18-15(21)10-20-13-7-4-3-6-12(13)19(2)16(20)22/h3-9,23H,10-11H2,1-2H3,(H,18,21). The molecule has 3 rings (SSSR count). The summed E-state index contributed by atoms with van der Waals surface area (Å²) in [5.74, 6) is 0.00501. The first kappa shape index (κ1) is 16.1. The lowest BCUT2D eigenvalue weighted by molar-refractivity contribution is -0.123. The van der Waals surface area contributed by atoms with Crippen molar-refractivity contribution >= 4 is 16.9 Å². The molecule has 2 heterocycles. The Bertz CT molecular complexity index is 919. The number of nitrogens with one attached hydrogen (secondary N) is 1. The van der Waals surface area contributed by atoms with Crippen LogP contribution in [0, 0.1) is 0 Å². The van der Waals surface area contributed by atoms with Crippen molar-refractivity contribution in [2.75, 3.05) is 6.54 Å². The van der Waals surface area contributed by atoms with Gasteiger partial charge in [-0.2, -0.15) is 0 Å². The molecule has 0 fully saturated rings. The van der Waals surface area contributed by atoms with Crippen molar-refractivity contribution in [2.24, 2.45) is 7.05 Å². The number of furan rings is 1. The Balaban J connectivity index is 1.74. The van der Waals surface area contributed by atoms with Crippen molar-refractivity contribution in [3.05, 3.63) is 58.9 Å². The third kappa shape index (κ3) is 2.85. The van der Waals surface area contributed by atoms with Crippen LogP contribution in [0.3, 0.4) is 0 Å². The maximum atomic E-state index is 12.3. The van der Waals surface area contributed by atoms with E-state index in [1.54, 1.807) is 32.2 Å². The van der Waals surface area contributed by atoms with Gasteiger partial charge in [-0.3, -0.25) is 13.9 Å². The first-order valence-electron chi connectivity index (χ1n) is 7.57. The number of aliphatic hydroxyl groups is 1. The maximum absolute atomic E-state index is 12.3. The zero-order valence-electron chi connectivity index (χ0n) is 13.5. The molecule has 2 aromatic heterocycles. The number of hydrogen-bond acceptors (Lipinski definition) is 4. The second kappa shape index (κ2) is 6.01. The second-order valence-electron chi connectivity index (χ2n) is 5.94. The van der Waals surface area contributed by atoms with E-state index >= 15 is 0 Å². The lowest BCUT2D eigenvalue weighted by Crippen LogP contribution is -2.40. The number of imidazole rings is 1. The molecule has 7 heteroatoms. The zero-order valence-corrected chi connectivity index (χ0v) is 13.5. The molecule has 126 valence electrons. The van der Waals surface area contributed by atoms with E-state index in [2.05, 4.69) is 5.32 Å². The Labute approximate surface area is 138 Å². The van der Waals surface area contributed by atoms with Crippen molar-refractivity contribution < 1.29 is 14.3 Å². The van der Waals surface area contributed by atoms with Crippen molar-refractivity contribution in [3.63, 3.8) is 0 Å². The summed E-state index contributed by atoms with van der Waals surface area (Å²) in [5, 5.41) is 13.0. The average Bonchev–Trinajstić information content (AvgIpc) is 3.18. The molecule has 0 saturated heterocycles. The monoisotopic (exact) mass is 329 g/mol. The Hall–Kier alpha value is -2.80. The van der Waals surface area contributed by atoms with Crippen LogP contribution in [0.15, 0.2) is 51.9 Å². The van der Waals surface area contributed by atoms with Gasteiger partial charge >= 0.3 is 5.69 Å². The number of hydrogen-bond donors (Lipinski definition) is 2. The van der Waals surface area contributed by atoms with Crippen molar-refractivity contribution in [3.8, 4) is 0 Å². The molecule has 0 aliphatic carbocycles. The van der Waals surface area contributed by atoms with Crippen LogP contribution in [-0.2, 0) is 24.0 Å². The van der Waals surface area contributed by atoms with Crippen LogP contribution in [0.25, 0.3) is 11.0 Å². The molecular formula is C17H19N3O4. The minimum atomic E-state index is -1.32. The van der Waals surface area contributed by atoms with E-state index in [4.69, 9.17) is 4.42 Å².